The van der Waals surface area contributed by atoms with Crippen LogP contribution in [0.1, 0.15) is 29.3 Å². The molecule has 2 aromatic rings. The zero-order valence-electron chi connectivity index (χ0n) is 12.8. The van der Waals surface area contributed by atoms with Crippen LogP contribution < -0.4 is 5.32 Å². The highest BCUT2D eigenvalue weighted by Crippen LogP contribution is 2.14. The fourth-order valence-electron chi connectivity index (χ4n) is 1.99. The summed E-state index contributed by atoms with van der Waals surface area (Å²) in [6.07, 6.45) is 1.05. The van der Waals surface area contributed by atoms with Crippen LogP contribution in [0.3, 0.4) is 0 Å². The van der Waals surface area contributed by atoms with Gasteiger partial charge in [-0.25, -0.2) is 4.79 Å². The highest BCUT2D eigenvalue weighted by molar-refractivity contribution is 9.10. The van der Waals surface area contributed by atoms with Gasteiger partial charge in [0, 0.05) is 10.2 Å². The lowest BCUT2D eigenvalue weighted by molar-refractivity contribution is -0.115. The van der Waals surface area contributed by atoms with E-state index in [2.05, 4.69) is 21.2 Å². The van der Waals surface area contributed by atoms with E-state index in [-0.39, 0.29) is 18.3 Å². The highest BCUT2D eigenvalue weighted by atomic mass is 79.9. The van der Waals surface area contributed by atoms with Crippen LogP contribution in [0.5, 0.6) is 0 Å². The van der Waals surface area contributed by atoms with Gasteiger partial charge in [0.1, 0.15) is 0 Å². The van der Waals surface area contributed by atoms with E-state index in [1.165, 1.54) is 0 Å². The van der Waals surface area contributed by atoms with Crippen molar-refractivity contribution < 1.29 is 14.3 Å². The molecule has 0 aromatic heterocycles. The van der Waals surface area contributed by atoms with Crippen molar-refractivity contribution in [3.63, 3.8) is 0 Å². The lowest BCUT2D eigenvalue weighted by atomic mass is 10.1. The fraction of sp³-hybridized carbons (Fsp3) is 0.222. The predicted molar refractivity (Wildman–Crippen MR) is 93.5 cm³/mol. The summed E-state index contributed by atoms with van der Waals surface area (Å²) in [6.45, 7) is 2.32. The van der Waals surface area contributed by atoms with Crippen LogP contribution in [-0.2, 0) is 16.0 Å². The average Bonchev–Trinajstić information content (AvgIpc) is 2.55. The first kappa shape index (κ1) is 17.2. The molecule has 120 valence electrons. The second kappa shape index (κ2) is 8.48. The van der Waals surface area contributed by atoms with Gasteiger partial charge in [0.15, 0.2) is 0 Å². The Balaban J connectivity index is 1.98. The zero-order chi connectivity index (χ0) is 16.7. The average molecular weight is 376 g/mol. The number of halogens is 1. The Hall–Kier alpha value is -2.14. The molecule has 5 heteroatoms. The van der Waals surface area contributed by atoms with E-state index in [1.807, 2.05) is 31.2 Å². The Morgan fingerprint density at radius 2 is 1.87 bits per heavy atom. The first-order chi connectivity index (χ1) is 11.1. The maximum atomic E-state index is 12.1. The van der Waals surface area contributed by atoms with Gasteiger partial charge in [-0.05, 0) is 42.3 Å². The normalized spacial score (nSPS) is 10.2. The number of carbonyl (C=O) groups excluding carboxylic acids is 2. The number of ether oxygens (including phenoxy) is 1. The molecule has 2 aromatic carbocycles. The van der Waals surface area contributed by atoms with Crippen LogP contribution >= 0.6 is 15.9 Å². The zero-order valence-corrected chi connectivity index (χ0v) is 14.4. The van der Waals surface area contributed by atoms with E-state index in [9.17, 15) is 9.59 Å². The first-order valence-corrected chi connectivity index (χ1v) is 8.19. The van der Waals surface area contributed by atoms with Crippen LogP contribution in [0.2, 0.25) is 0 Å². The standard InChI is InChI=1S/C18H18BrNO3/c1-2-10-23-18(22)14-4-3-5-16(12-14)20-17(21)11-13-6-8-15(19)9-7-13/h3-9,12H,2,10-11H2,1H3,(H,20,21). The van der Waals surface area contributed by atoms with E-state index in [0.717, 1.165) is 16.5 Å². The Bertz CT molecular complexity index is 683. The van der Waals surface area contributed by atoms with Crippen molar-refractivity contribution in [1.29, 1.82) is 0 Å². The maximum absolute atomic E-state index is 12.1. The second-order valence-electron chi connectivity index (χ2n) is 5.07. The summed E-state index contributed by atoms with van der Waals surface area (Å²) in [4.78, 5) is 23.9. The van der Waals surface area contributed by atoms with Crippen LogP contribution in [0, 0.1) is 0 Å². The first-order valence-electron chi connectivity index (χ1n) is 7.40. The lowest BCUT2D eigenvalue weighted by Gasteiger charge is -2.08. The molecular weight excluding hydrogens is 358 g/mol. The maximum Gasteiger partial charge on any atom is 0.338 e. The van der Waals surface area contributed by atoms with Crippen LogP contribution in [0.4, 0.5) is 5.69 Å². The number of nitrogens with one attached hydrogen (secondary N) is 1. The van der Waals surface area contributed by atoms with Crippen molar-refractivity contribution in [3.8, 4) is 0 Å². The molecule has 1 amide bonds. The quantitative estimate of drug-likeness (QED) is 0.769. The predicted octanol–water partition coefficient (Wildman–Crippen LogP) is 4.20. The number of amides is 1. The topological polar surface area (TPSA) is 55.4 Å². The molecule has 0 aliphatic rings. The molecule has 0 spiro atoms. The van der Waals surface area contributed by atoms with E-state index in [1.54, 1.807) is 24.3 Å². The molecule has 1 N–H and O–H groups in total. The number of esters is 1. The van der Waals surface area contributed by atoms with Crippen molar-refractivity contribution in [2.24, 2.45) is 0 Å². The summed E-state index contributed by atoms with van der Waals surface area (Å²) in [6, 6.07) is 14.3. The van der Waals surface area contributed by atoms with Crippen LogP contribution in [-0.4, -0.2) is 18.5 Å². The number of hydrogen-bond acceptors (Lipinski definition) is 3. The number of carbonyl (C=O) groups is 2. The van der Waals surface area contributed by atoms with Gasteiger partial charge < -0.3 is 10.1 Å². The molecular formula is C18H18BrNO3. The Labute approximate surface area is 144 Å². The molecule has 23 heavy (non-hydrogen) atoms. The smallest absolute Gasteiger partial charge is 0.338 e. The second-order valence-corrected chi connectivity index (χ2v) is 5.98. The van der Waals surface area contributed by atoms with Gasteiger partial charge in [-0.15, -0.1) is 0 Å². The third-order valence-corrected chi connectivity index (χ3v) is 3.63. The summed E-state index contributed by atoms with van der Waals surface area (Å²) in [5.41, 5.74) is 1.93. The Morgan fingerprint density at radius 3 is 2.57 bits per heavy atom. The fourth-order valence-corrected chi connectivity index (χ4v) is 2.26. The molecule has 0 aliphatic heterocycles. The van der Waals surface area contributed by atoms with Crippen LogP contribution in [0.15, 0.2) is 53.0 Å². The van der Waals surface area contributed by atoms with Gasteiger partial charge in [-0.3, -0.25) is 4.79 Å². The SMILES string of the molecule is CCCOC(=O)c1cccc(NC(=O)Cc2ccc(Br)cc2)c1. The van der Waals surface area contributed by atoms with Crippen molar-refractivity contribution in [2.75, 3.05) is 11.9 Å². The minimum Gasteiger partial charge on any atom is -0.462 e. The van der Waals surface area contributed by atoms with E-state index in [4.69, 9.17) is 4.74 Å². The molecule has 0 saturated carbocycles. The number of anilines is 1. The minimum atomic E-state index is -0.379. The summed E-state index contributed by atoms with van der Waals surface area (Å²) in [5, 5.41) is 2.80. The summed E-state index contributed by atoms with van der Waals surface area (Å²) in [7, 11) is 0. The number of hydrogen-bond donors (Lipinski definition) is 1. The Kier molecular flexibility index (Phi) is 6.35. The molecule has 4 nitrogen and oxygen atoms in total. The van der Waals surface area contributed by atoms with Crippen molar-refractivity contribution >= 4 is 33.5 Å². The van der Waals surface area contributed by atoms with Gasteiger partial charge in [-0.2, -0.15) is 0 Å². The monoisotopic (exact) mass is 375 g/mol. The summed E-state index contributed by atoms with van der Waals surface area (Å²) in [5.74, 6) is -0.512. The number of benzene rings is 2. The van der Waals surface area contributed by atoms with E-state index in [0.29, 0.717) is 17.9 Å². The van der Waals surface area contributed by atoms with Gasteiger partial charge in [-0.1, -0.05) is 41.1 Å². The van der Waals surface area contributed by atoms with E-state index < -0.39 is 0 Å². The van der Waals surface area contributed by atoms with Gasteiger partial charge in [0.25, 0.3) is 0 Å². The molecule has 0 unspecified atom stereocenters. The molecule has 0 heterocycles. The van der Waals surface area contributed by atoms with Crippen LogP contribution in [0.25, 0.3) is 0 Å². The molecule has 0 aliphatic carbocycles. The van der Waals surface area contributed by atoms with E-state index >= 15 is 0 Å². The van der Waals surface area contributed by atoms with Crippen molar-refractivity contribution in [3.05, 3.63) is 64.1 Å². The van der Waals surface area contributed by atoms with Crippen molar-refractivity contribution in [1.82, 2.24) is 0 Å². The molecule has 0 bridgehead atoms. The van der Waals surface area contributed by atoms with Crippen molar-refractivity contribution in [2.45, 2.75) is 19.8 Å². The molecule has 0 fully saturated rings. The highest BCUT2D eigenvalue weighted by Gasteiger charge is 2.09. The lowest BCUT2D eigenvalue weighted by Crippen LogP contribution is -2.15. The summed E-state index contributed by atoms with van der Waals surface area (Å²) < 4.78 is 6.06. The minimum absolute atomic E-state index is 0.133. The molecule has 2 rings (SSSR count). The van der Waals surface area contributed by atoms with Gasteiger partial charge >= 0.3 is 5.97 Å². The van der Waals surface area contributed by atoms with Gasteiger partial charge in [0.05, 0.1) is 18.6 Å². The largest absolute Gasteiger partial charge is 0.462 e. The summed E-state index contributed by atoms with van der Waals surface area (Å²) >= 11 is 3.36. The number of rotatable bonds is 6. The molecule has 0 radical (unpaired) electrons. The molecule has 0 atom stereocenters. The third kappa shape index (κ3) is 5.53. The van der Waals surface area contributed by atoms with Gasteiger partial charge in [0.2, 0.25) is 5.91 Å². The Morgan fingerprint density at radius 1 is 1.13 bits per heavy atom. The third-order valence-electron chi connectivity index (χ3n) is 3.10. The molecule has 0 saturated heterocycles.